The number of nitrogens with zero attached hydrogens (tertiary/aromatic N) is 1. The summed E-state index contributed by atoms with van der Waals surface area (Å²) < 4.78 is 0. The molecule has 1 heterocycles. The monoisotopic (exact) mass is 207 g/mol. The van der Waals surface area contributed by atoms with Gasteiger partial charge < -0.3 is 10.6 Å². The van der Waals surface area contributed by atoms with Gasteiger partial charge in [0.1, 0.15) is 0 Å². The van der Waals surface area contributed by atoms with Gasteiger partial charge in [-0.1, -0.05) is 6.92 Å². The third kappa shape index (κ3) is 4.56. The van der Waals surface area contributed by atoms with E-state index in [1.807, 2.05) is 0 Å². The van der Waals surface area contributed by atoms with E-state index in [0.29, 0.717) is 12.6 Å². The first-order valence-corrected chi connectivity index (χ1v) is 5.15. The summed E-state index contributed by atoms with van der Waals surface area (Å²) in [5.74, 6) is -0.0264. The first-order valence-electron chi connectivity index (χ1n) is 5.15. The van der Waals surface area contributed by atoms with Crippen LogP contribution in [0.2, 0.25) is 0 Å². The highest BCUT2D eigenvalue weighted by atomic mass is 16.1. The molecule has 0 aliphatic carbocycles. The molecule has 1 aromatic heterocycles. The molecule has 0 spiro atoms. The third-order valence-electron chi connectivity index (χ3n) is 2.19. The number of amides is 1. The molecule has 4 nitrogen and oxygen atoms in total. The molecule has 0 bridgehead atoms. The Kier molecular flexibility index (Phi) is 4.77. The van der Waals surface area contributed by atoms with Crippen LogP contribution in [-0.4, -0.2) is 23.5 Å². The molecule has 82 valence electrons. The number of aromatic nitrogens is 1. The maximum absolute atomic E-state index is 11.4. The van der Waals surface area contributed by atoms with Crippen LogP contribution in [-0.2, 0) is 4.79 Å². The molecule has 1 unspecified atom stereocenters. The van der Waals surface area contributed by atoms with E-state index in [1.54, 1.807) is 24.5 Å². The van der Waals surface area contributed by atoms with Crippen LogP contribution in [0, 0.1) is 0 Å². The van der Waals surface area contributed by atoms with Gasteiger partial charge in [0.05, 0.1) is 6.54 Å². The van der Waals surface area contributed by atoms with Crippen LogP contribution < -0.4 is 10.6 Å². The maximum Gasteiger partial charge on any atom is 0.238 e. The molecule has 0 fully saturated rings. The fraction of sp³-hybridized carbons (Fsp3) is 0.455. The molecular formula is C11H17N3O. The molecular weight excluding hydrogens is 190 g/mol. The van der Waals surface area contributed by atoms with E-state index in [9.17, 15) is 4.79 Å². The number of carbonyl (C=O) groups excluding carboxylic acids is 1. The zero-order chi connectivity index (χ0) is 11.1. The number of pyridine rings is 1. The van der Waals surface area contributed by atoms with E-state index in [-0.39, 0.29) is 5.91 Å². The number of rotatable bonds is 5. The number of hydrogen-bond donors (Lipinski definition) is 2. The first kappa shape index (κ1) is 11.7. The Morgan fingerprint density at radius 2 is 2.13 bits per heavy atom. The average Bonchev–Trinajstić information content (AvgIpc) is 2.27. The van der Waals surface area contributed by atoms with Crippen molar-refractivity contribution < 1.29 is 4.79 Å². The van der Waals surface area contributed by atoms with E-state index < -0.39 is 0 Å². The van der Waals surface area contributed by atoms with Crippen molar-refractivity contribution in [2.24, 2.45) is 0 Å². The largest absolute Gasteiger partial charge is 0.325 e. The Morgan fingerprint density at radius 1 is 1.47 bits per heavy atom. The summed E-state index contributed by atoms with van der Waals surface area (Å²) in [6.07, 6.45) is 4.32. The lowest BCUT2D eigenvalue weighted by Gasteiger charge is -2.10. The lowest BCUT2D eigenvalue weighted by Crippen LogP contribution is -2.33. The van der Waals surface area contributed by atoms with Gasteiger partial charge in [-0.15, -0.1) is 0 Å². The van der Waals surface area contributed by atoms with Crippen LogP contribution in [0.25, 0.3) is 0 Å². The molecule has 0 aliphatic rings. The SMILES string of the molecule is CCC(C)NCC(=O)Nc1ccncc1. The summed E-state index contributed by atoms with van der Waals surface area (Å²) in [5, 5.41) is 5.90. The van der Waals surface area contributed by atoms with Gasteiger partial charge in [0.15, 0.2) is 0 Å². The van der Waals surface area contributed by atoms with Gasteiger partial charge in [0.25, 0.3) is 0 Å². The smallest absolute Gasteiger partial charge is 0.238 e. The molecule has 4 heteroatoms. The summed E-state index contributed by atoms with van der Waals surface area (Å²) in [6.45, 7) is 4.48. The Balaban J connectivity index is 2.31. The van der Waals surface area contributed by atoms with Crippen molar-refractivity contribution in [2.75, 3.05) is 11.9 Å². The fourth-order valence-electron chi connectivity index (χ4n) is 1.05. The predicted molar refractivity (Wildman–Crippen MR) is 60.6 cm³/mol. The zero-order valence-corrected chi connectivity index (χ0v) is 9.16. The second kappa shape index (κ2) is 6.14. The van der Waals surface area contributed by atoms with Crippen LogP contribution in [0.5, 0.6) is 0 Å². The quantitative estimate of drug-likeness (QED) is 0.767. The zero-order valence-electron chi connectivity index (χ0n) is 9.16. The van der Waals surface area contributed by atoms with Crippen molar-refractivity contribution >= 4 is 11.6 Å². The van der Waals surface area contributed by atoms with E-state index in [1.165, 1.54) is 0 Å². The highest BCUT2D eigenvalue weighted by Gasteiger charge is 2.03. The second-order valence-electron chi connectivity index (χ2n) is 3.47. The minimum atomic E-state index is -0.0264. The van der Waals surface area contributed by atoms with Gasteiger partial charge in [0, 0.05) is 24.1 Å². The van der Waals surface area contributed by atoms with Crippen LogP contribution in [0.4, 0.5) is 5.69 Å². The van der Waals surface area contributed by atoms with Crippen molar-refractivity contribution in [1.29, 1.82) is 0 Å². The Labute approximate surface area is 90.1 Å². The lowest BCUT2D eigenvalue weighted by molar-refractivity contribution is -0.115. The summed E-state index contributed by atoms with van der Waals surface area (Å²) >= 11 is 0. The highest BCUT2D eigenvalue weighted by Crippen LogP contribution is 2.02. The van der Waals surface area contributed by atoms with Crippen molar-refractivity contribution in [3.8, 4) is 0 Å². The second-order valence-corrected chi connectivity index (χ2v) is 3.47. The van der Waals surface area contributed by atoms with Crippen molar-refractivity contribution in [3.05, 3.63) is 24.5 Å². The third-order valence-corrected chi connectivity index (χ3v) is 2.19. The lowest BCUT2D eigenvalue weighted by atomic mass is 10.2. The van der Waals surface area contributed by atoms with Gasteiger partial charge in [-0.3, -0.25) is 9.78 Å². The van der Waals surface area contributed by atoms with E-state index >= 15 is 0 Å². The van der Waals surface area contributed by atoms with Crippen molar-refractivity contribution in [2.45, 2.75) is 26.3 Å². The van der Waals surface area contributed by atoms with Crippen LogP contribution in [0.1, 0.15) is 20.3 Å². The molecule has 2 N–H and O–H groups in total. The standard InChI is InChI=1S/C11H17N3O/c1-3-9(2)13-8-11(15)14-10-4-6-12-7-5-10/h4-7,9,13H,3,8H2,1-2H3,(H,12,14,15). The number of carbonyl (C=O) groups is 1. The summed E-state index contributed by atoms with van der Waals surface area (Å²) in [4.78, 5) is 15.3. The first-order chi connectivity index (χ1) is 7.22. The van der Waals surface area contributed by atoms with Crippen molar-refractivity contribution in [1.82, 2.24) is 10.3 Å². The van der Waals surface area contributed by atoms with Gasteiger partial charge in [-0.25, -0.2) is 0 Å². The summed E-state index contributed by atoms with van der Waals surface area (Å²) in [7, 11) is 0. The van der Waals surface area contributed by atoms with Crippen LogP contribution in [0.3, 0.4) is 0 Å². The Bertz CT molecular complexity index is 300. The van der Waals surface area contributed by atoms with E-state index in [0.717, 1.165) is 12.1 Å². The average molecular weight is 207 g/mol. The van der Waals surface area contributed by atoms with Crippen molar-refractivity contribution in [3.63, 3.8) is 0 Å². The molecule has 0 aliphatic heterocycles. The molecule has 1 aromatic rings. The number of hydrogen-bond acceptors (Lipinski definition) is 3. The summed E-state index contributed by atoms with van der Waals surface area (Å²) in [5.41, 5.74) is 0.779. The van der Waals surface area contributed by atoms with Gasteiger partial charge in [0.2, 0.25) is 5.91 Å². The number of nitrogens with one attached hydrogen (secondary N) is 2. The van der Waals surface area contributed by atoms with E-state index in [4.69, 9.17) is 0 Å². The summed E-state index contributed by atoms with van der Waals surface area (Å²) in [6, 6.07) is 3.90. The van der Waals surface area contributed by atoms with Crippen LogP contribution in [0.15, 0.2) is 24.5 Å². The predicted octanol–water partition coefficient (Wildman–Crippen LogP) is 1.41. The highest BCUT2D eigenvalue weighted by molar-refractivity contribution is 5.92. The Hall–Kier alpha value is -1.42. The van der Waals surface area contributed by atoms with E-state index in [2.05, 4.69) is 29.5 Å². The number of anilines is 1. The topological polar surface area (TPSA) is 54.0 Å². The fourth-order valence-corrected chi connectivity index (χ4v) is 1.05. The molecule has 0 saturated heterocycles. The van der Waals surface area contributed by atoms with Gasteiger partial charge >= 0.3 is 0 Å². The molecule has 0 saturated carbocycles. The minimum Gasteiger partial charge on any atom is -0.325 e. The normalized spacial score (nSPS) is 12.1. The van der Waals surface area contributed by atoms with Crippen LogP contribution >= 0.6 is 0 Å². The molecule has 0 aromatic carbocycles. The molecule has 15 heavy (non-hydrogen) atoms. The molecule has 1 atom stereocenters. The molecule has 0 radical (unpaired) electrons. The van der Waals surface area contributed by atoms with Gasteiger partial charge in [-0.2, -0.15) is 0 Å². The minimum absolute atomic E-state index is 0.0264. The maximum atomic E-state index is 11.4. The molecule has 1 amide bonds. The molecule has 1 rings (SSSR count). The van der Waals surface area contributed by atoms with Gasteiger partial charge in [-0.05, 0) is 25.5 Å². The Morgan fingerprint density at radius 3 is 2.73 bits per heavy atom.